The van der Waals surface area contributed by atoms with Crippen molar-refractivity contribution in [1.29, 1.82) is 0 Å². The molecule has 9 heteroatoms. The van der Waals surface area contributed by atoms with Crippen LogP contribution in [-0.4, -0.2) is 66.4 Å². The molecule has 0 radical (unpaired) electrons. The Labute approximate surface area is 228 Å². The molecular weight excluding hydrogens is 497 g/mol. The van der Waals surface area contributed by atoms with Gasteiger partial charge >= 0.3 is 6.03 Å². The molecule has 3 aromatic rings. The van der Waals surface area contributed by atoms with Crippen molar-refractivity contribution in [2.24, 2.45) is 0 Å². The first-order valence-corrected chi connectivity index (χ1v) is 13.1. The molecule has 1 saturated heterocycles. The summed E-state index contributed by atoms with van der Waals surface area (Å²) >= 11 is 0. The van der Waals surface area contributed by atoms with Gasteiger partial charge in [0, 0.05) is 55.7 Å². The van der Waals surface area contributed by atoms with Crippen LogP contribution in [0.2, 0.25) is 0 Å². The lowest BCUT2D eigenvalue weighted by Gasteiger charge is -2.36. The van der Waals surface area contributed by atoms with E-state index >= 15 is 0 Å². The van der Waals surface area contributed by atoms with Crippen LogP contribution in [0.15, 0.2) is 78.9 Å². The van der Waals surface area contributed by atoms with E-state index in [4.69, 9.17) is 0 Å². The molecule has 1 fully saturated rings. The van der Waals surface area contributed by atoms with E-state index in [1.807, 2.05) is 68.4 Å². The lowest BCUT2D eigenvalue weighted by molar-refractivity contribution is -0.116. The molecule has 0 aromatic heterocycles. The predicted octanol–water partition coefficient (Wildman–Crippen LogP) is 4.35. The third kappa shape index (κ3) is 7.80. The second-order valence-electron chi connectivity index (χ2n) is 9.83. The van der Waals surface area contributed by atoms with Crippen LogP contribution in [-0.2, 0) is 11.3 Å². The molecule has 1 aliphatic rings. The number of nitrogens with one attached hydrogen (secondary N) is 2. The second kappa shape index (κ2) is 12.9. The van der Waals surface area contributed by atoms with Gasteiger partial charge < -0.3 is 25.3 Å². The van der Waals surface area contributed by atoms with E-state index in [-0.39, 0.29) is 30.4 Å². The highest BCUT2D eigenvalue weighted by Gasteiger charge is 2.23. The summed E-state index contributed by atoms with van der Waals surface area (Å²) in [4.78, 5) is 43.6. The van der Waals surface area contributed by atoms with Gasteiger partial charge in [0.15, 0.2) is 0 Å². The van der Waals surface area contributed by atoms with Gasteiger partial charge in [-0.15, -0.1) is 0 Å². The number of carbonyl (C=O) groups is 3. The standard InChI is InChI=1S/C30H34FN5O3/c1-22(2)32-30(39)36(20-23-7-4-3-5-8-23)21-28(37)33-26-11-13-27(14-12-26)34-15-17-35(18-16-34)29(38)24-9-6-10-25(31)19-24/h3-14,19,22H,15-18,20-21H2,1-2H3,(H,32,39)(H,33,37). The van der Waals surface area contributed by atoms with Gasteiger partial charge in [-0.1, -0.05) is 36.4 Å². The zero-order chi connectivity index (χ0) is 27.8. The number of carbonyl (C=O) groups excluding carboxylic acids is 3. The van der Waals surface area contributed by atoms with Crippen LogP contribution in [0.3, 0.4) is 0 Å². The van der Waals surface area contributed by atoms with E-state index in [9.17, 15) is 18.8 Å². The fourth-order valence-corrected chi connectivity index (χ4v) is 4.44. The summed E-state index contributed by atoms with van der Waals surface area (Å²) in [7, 11) is 0. The summed E-state index contributed by atoms with van der Waals surface area (Å²) < 4.78 is 13.5. The number of hydrogen-bond donors (Lipinski definition) is 2. The molecule has 3 aromatic carbocycles. The third-order valence-electron chi connectivity index (χ3n) is 6.40. The maximum absolute atomic E-state index is 13.5. The zero-order valence-electron chi connectivity index (χ0n) is 22.3. The largest absolute Gasteiger partial charge is 0.368 e. The minimum Gasteiger partial charge on any atom is -0.368 e. The molecular formula is C30H34FN5O3. The first-order chi connectivity index (χ1) is 18.8. The highest BCUT2D eigenvalue weighted by Crippen LogP contribution is 2.20. The Kier molecular flexibility index (Phi) is 9.14. The Bertz CT molecular complexity index is 1280. The van der Waals surface area contributed by atoms with Crippen molar-refractivity contribution >= 4 is 29.2 Å². The minimum atomic E-state index is -0.422. The predicted molar refractivity (Wildman–Crippen MR) is 150 cm³/mol. The van der Waals surface area contributed by atoms with Crippen LogP contribution in [0.5, 0.6) is 0 Å². The molecule has 2 N–H and O–H groups in total. The topological polar surface area (TPSA) is 85.0 Å². The lowest BCUT2D eigenvalue weighted by atomic mass is 10.1. The number of anilines is 2. The van der Waals surface area contributed by atoms with Crippen LogP contribution in [0.4, 0.5) is 20.6 Å². The van der Waals surface area contributed by atoms with Crippen LogP contribution in [0.25, 0.3) is 0 Å². The van der Waals surface area contributed by atoms with Crippen LogP contribution in [0.1, 0.15) is 29.8 Å². The molecule has 0 bridgehead atoms. The summed E-state index contributed by atoms with van der Waals surface area (Å²) in [5.74, 6) is -0.882. The molecule has 4 rings (SSSR count). The smallest absolute Gasteiger partial charge is 0.318 e. The Morgan fingerprint density at radius 2 is 1.59 bits per heavy atom. The average Bonchev–Trinajstić information content (AvgIpc) is 2.93. The highest BCUT2D eigenvalue weighted by atomic mass is 19.1. The van der Waals surface area contributed by atoms with Crippen LogP contribution < -0.4 is 15.5 Å². The Balaban J connectivity index is 1.31. The summed E-state index contributed by atoms with van der Waals surface area (Å²) in [5.41, 5.74) is 2.90. The number of benzene rings is 3. The number of amides is 4. The van der Waals surface area contributed by atoms with E-state index in [1.165, 1.54) is 17.0 Å². The first kappa shape index (κ1) is 27.6. The van der Waals surface area contributed by atoms with Crippen LogP contribution in [0, 0.1) is 5.82 Å². The highest BCUT2D eigenvalue weighted by molar-refractivity contribution is 5.95. The fraction of sp³-hybridized carbons (Fsp3) is 0.300. The van der Waals surface area contributed by atoms with Crippen molar-refractivity contribution in [3.63, 3.8) is 0 Å². The summed E-state index contributed by atoms with van der Waals surface area (Å²) in [5, 5.41) is 5.74. The molecule has 4 amide bonds. The molecule has 8 nitrogen and oxygen atoms in total. The molecule has 0 spiro atoms. The Morgan fingerprint density at radius 3 is 2.23 bits per heavy atom. The van der Waals surface area contributed by atoms with Gasteiger partial charge in [-0.2, -0.15) is 0 Å². The summed E-state index contributed by atoms with van der Waals surface area (Å²) in [6.07, 6.45) is 0. The van der Waals surface area contributed by atoms with E-state index in [0.717, 1.165) is 11.3 Å². The number of halogens is 1. The summed E-state index contributed by atoms with van der Waals surface area (Å²) in [6.45, 7) is 6.34. The Hall–Kier alpha value is -4.40. The molecule has 1 aliphatic heterocycles. The second-order valence-corrected chi connectivity index (χ2v) is 9.83. The van der Waals surface area contributed by atoms with Crippen molar-refractivity contribution in [3.05, 3.63) is 95.8 Å². The van der Waals surface area contributed by atoms with Crippen molar-refractivity contribution < 1.29 is 18.8 Å². The van der Waals surface area contributed by atoms with Crippen molar-refractivity contribution in [2.45, 2.75) is 26.4 Å². The number of rotatable bonds is 8. The molecule has 1 heterocycles. The van der Waals surface area contributed by atoms with Gasteiger partial charge in [0.2, 0.25) is 5.91 Å². The number of urea groups is 1. The van der Waals surface area contributed by atoms with Crippen molar-refractivity contribution in [3.8, 4) is 0 Å². The maximum Gasteiger partial charge on any atom is 0.318 e. The van der Waals surface area contributed by atoms with Crippen molar-refractivity contribution in [1.82, 2.24) is 15.1 Å². The van der Waals surface area contributed by atoms with Crippen molar-refractivity contribution in [2.75, 3.05) is 42.9 Å². The van der Waals surface area contributed by atoms with Gasteiger partial charge in [0.05, 0.1) is 0 Å². The van der Waals surface area contributed by atoms with Gasteiger partial charge in [0.25, 0.3) is 5.91 Å². The van der Waals surface area contributed by atoms with Gasteiger partial charge in [-0.3, -0.25) is 9.59 Å². The minimum absolute atomic E-state index is 0.0484. The molecule has 204 valence electrons. The normalized spacial score (nSPS) is 13.2. The van der Waals surface area contributed by atoms with E-state index in [0.29, 0.717) is 44.0 Å². The maximum atomic E-state index is 13.5. The monoisotopic (exact) mass is 531 g/mol. The molecule has 0 unspecified atom stereocenters. The SMILES string of the molecule is CC(C)NC(=O)N(CC(=O)Nc1ccc(N2CCN(C(=O)c3cccc(F)c3)CC2)cc1)Cc1ccccc1. The van der Waals surface area contributed by atoms with E-state index in [1.54, 1.807) is 17.0 Å². The quantitative estimate of drug-likeness (QED) is 0.453. The van der Waals surface area contributed by atoms with E-state index < -0.39 is 5.82 Å². The number of hydrogen-bond acceptors (Lipinski definition) is 4. The summed E-state index contributed by atoms with van der Waals surface area (Å²) in [6, 6.07) is 22.5. The first-order valence-electron chi connectivity index (χ1n) is 13.1. The molecule has 0 aliphatic carbocycles. The molecule has 39 heavy (non-hydrogen) atoms. The average molecular weight is 532 g/mol. The molecule has 0 atom stereocenters. The zero-order valence-corrected chi connectivity index (χ0v) is 22.3. The van der Waals surface area contributed by atoms with Gasteiger partial charge in [0.1, 0.15) is 12.4 Å². The third-order valence-corrected chi connectivity index (χ3v) is 6.40. The fourth-order valence-electron chi connectivity index (χ4n) is 4.44. The van der Waals surface area contributed by atoms with Gasteiger partial charge in [-0.25, -0.2) is 9.18 Å². The number of piperazine rings is 1. The lowest BCUT2D eigenvalue weighted by Crippen LogP contribution is -2.48. The van der Waals surface area contributed by atoms with Gasteiger partial charge in [-0.05, 0) is 61.9 Å². The molecule has 0 saturated carbocycles. The number of nitrogens with zero attached hydrogens (tertiary/aromatic N) is 3. The van der Waals surface area contributed by atoms with Crippen LogP contribution >= 0.6 is 0 Å². The Morgan fingerprint density at radius 1 is 0.897 bits per heavy atom. The van der Waals surface area contributed by atoms with E-state index in [2.05, 4.69) is 15.5 Å².